The number of ether oxygens (including phenoxy) is 1. The van der Waals surface area contributed by atoms with Gasteiger partial charge in [0.25, 0.3) is 0 Å². The Morgan fingerprint density at radius 3 is 2.14 bits per heavy atom. The number of likely N-dealkylation sites (tertiary alicyclic amines) is 1. The zero-order valence-electron chi connectivity index (χ0n) is 14.9. The van der Waals surface area contributed by atoms with Gasteiger partial charge in [-0.15, -0.1) is 0 Å². The summed E-state index contributed by atoms with van der Waals surface area (Å²) in [5.74, 6) is -1.17. The molecule has 1 heterocycles. The summed E-state index contributed by atoms with van der Waals surface area (Å²) in [6.45, 7) is 13.9. The fourth-order valence-electron chi connectivity index (χ4n) is 2.53. The summed E-state index contributed by atoms with van der Waals surface area (Å²) in [5, 5.41) is 0. The summed E-state index contributed by atoms with van der Waals surface area (Å²) in [4.78, 5) is 37.3. The highest BCUT2D eigenvalue weighted by Crippen LogP contribution is 2.39. The molecule has 0 bridgehead atoms. The largest absolute Gasteiger partial charge is 0.440 e. The van der Waals surface area contributed by atoms with Crippen LogP contribution < -0.4 is 0 Å². The van der Waals surface area contributed by atoms with E-state index in [9.17, 15) is 14.4 Å². The fraction of sp³-hybridized carbons (Fsp3) is 0.824. The molecule has 0 spiro atoms. The molecule has 0 aromatic carbocycles. The summed E-state index contributed by atoms with van der Waals surface area (Å²) in [6.07, 6.45) is 0.284. The summed E-state index contributed by atoms with van der Waals surface area (Å²) in [5.41, 5.74) is -0.295. The van der Waals surface area contributed by atoms with E-state index in [-0.39, 0.29) is 41.4 Å². The molecule has 1 aliphatic heterocycles. The Bertz CT molecular complexity index is 456. The standard InChI is InChI=1S/C17H29NO4/c1-8-14(20)22-13-9-12(19)18(13)15(21)11(17(5,6)7)10-16(2,3)4/h11,13H,8-10H2,1-7H3. The Hall–Kier alpha value is -1.39. The average Bonchev–Trinajstić information content (AvgIpc) is 2.32. The van der Waals surface area contributed by atoms with Crippen LogP contribution in [0.1, 0.15) is 67.7 Å². The van der Waals surface area contributed by atoms with Gasteiger partial charge in [-0.25, -0.2) is 4.90 Å². The first-order chi connectivity index (χ1) is 9.86. The van der Waals surface area contributed by atoms with Gasteiger partial charge in [0.05, 0.1) is 6.42 Å². The van der Waals surface area contributed by atoms with E-state index in [1.54, 1.807) is 6.92 Å². The monoisotopic (exact) mass is 311 g/mol. The normalized spacial score (nSPS) is 20.4. The van der Waals surface area contributed by atoms with Gasteiger partial charge in [-0.3, -0.25) is 14.4 Å². The van der Waals surface area contributed by atoms with Gasteiger partial charge in [-0.1, -0.05) is 48.5 Å². The number of esters is 1. The Morgan fingerprint density at radius 1 is 1.23 bits per heavy atom. The lowest BCUT2D eigenvalue weighted by Gasteiger charge is -2.43. The molecule has 5 nitrogen and oxygen atoms in total. The number of carbonyl (C=O) groups is 3. The first kappa shape index (κ1) is 18.7. The highest BCUT2D eigenvalue weighted by Gasteiger charge is 2.48. The third kappa shape index (κ3) is 4.55. The molecule has 0 saturated carbocycles. The van der Waals surface area contributed by atoms with Gasteiger partial charge in [-0.05, 0) is 17.3 Å². The number of hydrogen-bond donors (Lipinski definition) is 0. The van der Waals surface area contributed by atoms with Crippen molar-refractivity contribution in [3.05, 3.63) is 0 Å². The molecular weight excluding hydrogens is 282 g/mol. The molecule has 1 saturated heterocycles. The molecule has 0 aromatic rings. The van der Waals surface area contributed by atoms with Gasteiger partial charge >= 0.3 is 5.97 Å². The highest BCUT2D eigenvalue weighted by molar-refractivity contribution is 6.01. The number of hydrogen-bond acceptors (Lipinski definition) is 4. The van der Waals surface area contributed by atoms with Gasteiger partial charge in [0.2, 0.25) is 11.8 Å². The Balaban J connectivity index is 2.93. The van der Waals surface area contributed by atoms with E-state index in [4.69, 9.17) is 4.74 Å². The van der Waals surface area contributed by atoms with Gasteiger partial charge in [0.1, 0.15) is 0 Å². The lowest BCUT2D eigenvalue weighted by molar-refractivity contribution is -0.191. The van der Waals surface area contributed by atoms with E-state index in [0.29, 0.717) is 6.42 Å². The number of β-lactam (4-membered cyclic amide) rings is 1. The lowest BCUT2D eigenvalue weighted by atomic mass is 9.71. The molecule has 2 atom stereocenters. The van der Waals surface area contributed by atoms with E-state index < -0.39 is 12.2 Å². The first-order valence-corrected chi connectivity index (χ1v) is 7.92. The minimum absolute atomic E-state index is 0.0306. The SMILES string of the molecule is CCC(=O)OC1CC(=O)N1C(=O)C(CC(C)(C)C)C(C)(C)C. The van der Waals surface area contributed by atoms with E-state index in [0.717, 1.165) is 4.90 Å². The van der Waals surface area contributed by atoms with Crippen molar-refractivity contribution >= 4 is 17.8 Å². The molecule has 1 aliphatic rings. The van der Waals surface area contributed by atoms with Crippen molar-refractivity contribution in [1.82, 2.24) is 4.90 Å². The molecule has 2 amide bonds. The van der Waals surface area contributed by atoms with Gasteiger partial charge in [0.15, 0.2) is 6.23 Å². The van der Waals surface area contributed by atoms with E-state index >= 15 is 0 Å². The van der Waals surface area contributed by atoms with Crippen molar-refractivity contribution < 1.29 is 19.1 Å². The zero-order valence-corrected chi connectivity index (χ0v) is 14.9. The number of amides is 2. The van der Waals surface area contributed by atoms with Crippen LogP contribution in [-0.2, 0) is 19.1 Å². The van der Waals surface area contributed by atoms with Crippen LogP contribution in [0.25, 0.3) is 0 Å². The van der Waals surface area contributed by atoms with E-state index in [1.807, 2.05) is 20.8 Å². The van der Waals surface area contributed by atoms with Crippen LogP contribution in [0.3, 0.4) is 0 Å². The van der Waals surface area contributed by atoms with Crippen LogP contribution in [0, 0.1) is 16.7 Å². The van der Waals surface area contributed by atoms with Gasteiger partial charge in [0, 0.05) is 12.3 Å². The third-order valence-corrected chi connectivity index (χ3v) is 3.86. The zero-order chi connectivity index (χ0) is 17.3. The Kier molecular flexibility index (Phi) is 5.42. The number of rotatable bonds is 4. The summed E-state index contributed by atoms with van der Waals surface area (Å²) in [6, 6.07) is 0. The maximum atomic E-state index is 12.9. The maximum Gasteiger partial charge on any atom is 0.307 e. The van der Waals surface area contributed by atoms with Crippen molar-refractivity contribution in [1.29, 1.82) is 0 Å². The third-order valence-electron chi connectivity index (χ3n) is 3.86. The predicted molar refractivity (Wildman–Crippen MR) is 83.7 cm³/mol. The van der Waals surface area contributed by atoms with Crippen molar-refractivity contribution in [2.75, 3.05) is 0 Å². The molecule has 126 valence electrons. The molecule has 2 unspecified atom stereocenters. The van der Waals surface area contributed by atoms with Crippen molar-refractivity contribution in [3.63, 3.8) is 0 Å². The number of carbonyl (C=O) groups excluding carboxylic acids is 3. The van der Waals surface area contributed by atoms with E-state index in [1.165, 1.54) is 0 Å². The molecular formula is C17H29NO4. The van der Waals surface area contributed by atoms with E-state index in [2.05, 4.69) is 20.8 Å². The van der Waals surface area contributed by atoms with Crippen LogP contribution in [0.5, 0.6) is 0 Å². The first-order valence-electron chi connectivity index (χ1n) is 7.92. The number of imide groups is 1. The Morgan fingerprint density at radius 2 is 1.77 bits per heavy atom. The molecule has 0 aliphatic carbocycles. The van der Waals surface area contributed by atoms with Crippen molar-refractivity contribution in [3.8, 4) is 0 Å². The molecule has 0 radical (unpaired) electrons. The fourth-order valence-corrected chi connectivity index (χ4v) is 2.53. The molecule has 0 N–H and O–H groups in total. The van der Waals surface area contributed by atoms with Crippen LogP contribution in [0.2, 0.25) is 0 Å². The van der Waals surface area contributed by atoms with Gasteiger partial charge < -0.3 is 4.74 Å². The molecule has 1 fully saturated rings. The molecule has 5 heteroatoms. The van der Waals surface area contributed by atoms with Crippen molar-refractivity contribution in [2.24, 2.45) is 16.7 Å². The second-order valence-corrected chi connectivity index (χ2v) is 8.29. The van der Waals surface area contributed by atoms with Crippen molar-refractivity contribution in [2.45, 2.75) is 74.0 Å². The molecule has 0 aromatic heterocycles. The van der Waals surface area contributed by atoms with Crippen LogP contribution in [-0.4, -0.2) is 28.9 Å². The maximum absolute atomic E-state index is 12.9. The summed E-state index contributed by atoms with van der Waals surface area (Å²) < 4.78 is 5.18. The predicted octanol–water partition coefficient (Wildman–Crippen LogP) is 3.12. The minimum atomic E-state index is -0.725. The Labute approximate surface area is 133 Å². The second-order valence-electron chi connectivity index (χ2n) is 8.29. The highest BCUT2D eigenvalue weighted by atomic mass is 16.6. The summed E-state index contributed by atoms with van der Waals surface area (Å²) in [7, 11) is 0. The topological polar surface area (TPSA) is 63.7 Å². The quantitative estimate of drug-likeness (QED) is 0.591. The molecule has 22 heavy (non-hydrogen) atoms. The van der Waals surface area contributed by atoms with Crippen LogP contribution >= 0.6 is 0 Å². The summed E-state index contributed by atoms with van der Waals surface area (Å²) >= 11 is 0. The molecule has 1 rings (SSSR count). The second kappa shape index (κ2) is 6.39. The smallest absolute Gasteiger partial charge is 0.307 e. The lowest BCUT2D eigenvalue weighted by Crippen LogP contribution is -2.60. The van der Waals surface area contributed by atoms with Crippen LogP contribution in [0.4, 0.5) is 0 Å². The average molecular weight is 311 g/mol. The van der Waals surface area contributed by atoms with Gasteiger partial charge in [-0.2, -0.15) is 0 Å². The van der Waals surface area contributed by atoms with Crippen LogP contribution in [0.15, 0.2) is 0 Å². The number of nitrogens with zero attached hydrogens (tertiary/aromatic N) is 1. The minimum Gasteiger partial charge on any atom is -0.440 e.